The SMILES string of the molecule is CC(=O)Nc1ccc(C#CC(C)(C)O)cc1C(C)C. The van der Waals surface area contributed by atoms with Gasteiger partial charge in [0, 0.05) is 18.2 Å². The quantitative estimate of drug-likeness (QED) is 0.802. The molecule has 0 aliphatic rings. The monoisotopic (exact) mass is 259 g/mol. The van der Waals surface area contributed by atoms with Gasteiger partial charge in [0.25, 0.3) is 0 Å². The molecular weight excluding hydrogens is 238 g/mol. The lowest BCUT2D eigenvalue weighted by molar-refractivity contribution is -0.114. The number of rotatable bonds is 2. The molecule has 0 unspecified atom stereocenters. The molecule has 1 amide bonds. The van der Waals surface area contributed by atoms with Crippen molar-refractivity contribution in [3.05, 3.63) is 29.3 Å². The predicted octanol–water partition coefficient (Wildman–Crippen LogP) is 2.89. The van der Waals surface area contributed by atoms with Crippen LogP contribution in [0.5, 0.6) is 0 Å². The molecule has 2 N–H and O–H groups in total. The number of benzene rings is 1. The average molecular weight is 259 g/mol. The van der Waals surface area contributed by atoms with E-state index in [1.807, 2.05) is 18.2 Å². The van der Waals surface area contributed by atoms with Gasteiger partial charge in [0.1, 0.15) is 5.60 Å². The number of carbonyl (C=O) groups is 1. The van der Waals surface area contributed by atoms with E-state index in [0.29, 0.717) is 0 Å². The zero-order valence-electron chi connectivity index (χ0n) is 12.2. The highest BCUT2D eigenvalue weighted by atomic mass is 16.3. The van der Waals surface area contributed by atoms with E-state index in [4.69, 9.17) is 0 Å². The van der Waals surface area contributed by atoms with E-state index in [2.05, 4.69) is 31.0 Å². The molecule has 0 fully saturated rings. The Labute approximate surface area is 115 Å². The molecule has 0 atom stereocenters. The van der Waals surface area contributed by atoms with E-state index in [1.165, 1.54) is 6.92 Å². The third-order valence-electron chi connectivity index (χ3n) is 2.50. The molecular formula is C16H21NO2. The summed E-state index contributed by atoms with van der Waals surface area (Å²) in [5.41, 5.74) is 1.68. The Morgan fingerprint density at radius 1 is 1.37 bits per heavy atom. The van der Waals surface area contributed by atoms with Crippen LogP contribution in [0.3, 0.4) is 0 Å². The van der Waals surface area contributed by atoms with Crippen molar-refractivity contribution in [2.45, 2.75) is 46.1 Å². The first-order valence-corrected chi connectivity index (χ1v) is 6.36. The lowest BCUT2D eigenvalue weighted by atomic mass is 9.98. The van der Waals surface area contributed by atoms with E-state index >= 15 is 0 Å². The van der Waals surface area contributed by atoms with Crippen LogP contribution < -0.4 is 5.32 Å². The van der Waals surface area contributed by atoms with Crippen molar-refractivity contribution in [2.75, 3.05) is 5.32 Å². The van der Waals surface area contributed by atoms with Gasteiger partial charge in [-0.2, -0.15) is 0 Å². The minimum atomic E-state index is -1.01. The summed E-state index contributed by atoms with van der Waals surface area (Å²) < 4.78 is 0. The summed E-state index contributed by atoms with van der Waals surface area (Å²) in [4.78, 5) is 11.2. The van der Waals surface area contributed by atoms with Crippen molar-refractivity contribution in [1.82, 2.24) is 0 Å². The van der Waals surface area contributed by atoms with Crippen LogP contribution in [0.25, 0.3) is 0 Å². The number of hydrogen-bond acceptors (Lipinski definition) is 2. The molecule has 3 heteroatoms. The first-order valence-electron chi connectivity index (χ1n) is 6.36. The van der Waals surface area contributed by atoms with Gasteiger partial charge in [0.2, 0.25) is 5.91 Å². The van der Waals surface area contributed by atoms with Crippen LogP contribution >= 0.6 is 0 Å². The minimum absolute atomic E-state index is 0.0859. The Morgan fingerprint density at radius 2 is 2.00 bits per heavy atom. The van der Waals surface area contributed by atoms with Gasteiger partial charge in [-0.1, -0.05) is 25.7 Å². The maximum Gasteiger partial charge on any atom is 0.221 e. The molecule has 0 bridgehead atoms. The van der Waals surface area contributed by atoms with Gasteiger partial charge < -0.3 is 10.4 Å². The molecule has 0 aliphatic heterocycles. The molecule has 0 heterocycles. The van der Waals surface area contributed by atoms with Crippen LogP contribution in [0.15, 0.2) is 18.2 Å². The molecule has 1 aromatic carbocycles. The number of hydrogen-bond donors (Lipinski definition) is 2. The zero-order valence-corrected chi connectivity index (χ0v) is 12.2. The van der Waals surface area contributed by atoms with Gasteiger partial charge in [-0.15, -0.1) is 0 Å². The molecule has 102 valence electrons. The second-order valence-corrected chi connectivity index (χ2v) is 5.45. The van der Waals surface area contributed by atoms with Crippen LogP contribution in [0.2, 0.25) is 0 Å². The Balaban J connectivity index is 3.15. The summed E-state index contributed by atoms with van der Waals surface area (Å²) in [5, 5.41) is 12.4. The van der Waals surface area contributed by atoms with Gasteiger partial charge in [-0.3, -0.25) is 4.79 Å². The number of nitrogens with one attached hydrogen (secondary N) is 1. The summed E-state index contributed by atoms with van der Waals surface area (Å²) in [5.74, 6) is 5.93. The third kappa shape index (κ3) is 5.15. The highest BCUT2D eigenvalue weighted by molar-refractivity contribution is 5.89. The molecule has 1 aromatic rings. The Morgan fingerprint density at radius 3 is 2.47 bits per heavy atom. The van der Waals surface area contributed by atoms with Crippen LogP contribution in [0, 0.1) is 11.8 Å². The summed E-state index contributed by atoms with van der Waals surface area (Å²) in [6.45, 7) is 8.91. The number of carbonyl (C=O) groups excluding carboxylic acids is 1. The molecule has 3 nitrogen and oxygen atoms in total. The highest BCUT2D eigenvalue weighted by Crippen LogP contribution is 2.25. The van der Waals surface area contributed by atoms with Gasteiger partial charge in [0.15, 0.2) is 0 Å². The number of aliphatic hydroxyl groups is 1. The van der Waals surface area contributed by atoms with Crippen LogP contribution in [-0.4, -0.2) is 16.6 Å². The highest BCUT2D eigenvalue weighted by Gasteiger charge is 2.09. The molecule has 0 saturated heterocycles. The fourth-order valence-corrected chi connectivity index (χ4v) is 1.65. The van der Waals surface area contributed by atoms with E-state index in [0.717, 1.165) is 16.8 Å². The minimum Gasteiger partial charge on any atom is -0.378 e. The maximum absolute atomic E-state index is 11.2. The van der Waals surface area contributed by atoms with Crippen molar-refractivity contribution in [3.63, 3.8) is 0 Å². The zero-order chi connectivity index (χ0) is 14.6. The molecule has 0 saturated carbocycles. The molecule has 0 aliphatic carbocycles. The van der Waals surface area contributed by atoms with Gasteiger partial charge in [-0.05, 0) is 43.5 Å². The summed E-state index contributed by atoms with van der Waals surface area (Å²) in [6, 6.07) is 5.65. The molecule has 1 rings (SSSR count). The molecule has 0 spiro atoms. The number of anilines is 1. The second-order valence-electron chi connectivity index (χ2n) is 5.45. The Kier molecular flexibility index (Phi) is 4.74. The van der Waals surface area contributed by atoms with Gasteiger partial charge >= 0.3 is 0 Å². The second kappa shape index (κ2) is 5.90. The lowest BCUT2D eigenvalue weighted by Gasteiger charge is -2.13. The standard InChI is InChI=1S/C16H21NO2/c1-11(2)14-10-13(8-9-16(4,5)19)6-7-15(14)17-12(3)18/h6-7,10-11,19H,1-5H3,(H,17,18). The van der Waals surface area contributed by atoms with E-state index in [1.54, 1.807) is 13.8 Å². The van der Waals surface area contributed by atoms with E-state index in [-0.39, 0.29) is 11.8 Å². The Bertz CT molecular complexity index is 528. The van der Waals surface area contributed by atoms with Crippen molar-refractivity contribution in [1.29, 1.82) is 0 Å². The normalized spacial score (nSPS) is 10.9. The van der Waals surface area contributed by atoms with Crippen molar-refractivity contribution in [2.24, 2.45) is 0 Å². The van der Waals surface area contributed by atoms with Crippen molar-refractivity contribution >= 4 is 11.6 Å². The average Bonchev–Trinajstić information content (AvgIpc) is 2.25. The van der Waals surface area contributed by atoms with Gasteiger partial charge in [0.05, 0.1) is 0 Å². The van der Waals surface area contributed by atoms with E-state index < -0.39 is 5.60 Å². The fraction of sp³-hybridized carbons (Fsp3) is 0.438. The molecule has 0 radical (unpaired) electrons. The van der Waals surface area contributed by atoms with E-state index in [9.17, 15) is 9.90 Å². The van der Waals surface area contributed by atoms with Crippen LogP contribution in [0.1, 0.15) is 51.7 Å². The maximum atomic E-state index is 11.2. The smallest absolute Gasteiger partial charge is 0.221 e. The van der Waals surface area contributed by atoms with Crippen molar-refractivity contribution < 1.29 is 9.90 Å². The van der Waals surface area contributed by atoms with Gasteiger partial charge in [-0.25, -0.2) is 0 Å². The number of amides is 1. The molecule has 0 aromatic heterocycles. The van der Waals surface area contributed by atoms with Crippen molar-refractivity contribution in [3.8, 4) is 11.8 Å². The first-order chi connectivity index (χ1) is 8.69. The summed E-state index contributed by atoms with van der Waals surface area (Å²) in [7, 11) is 0. The summed E-state index contributed by atoms with van der Waals surface area (Å²) in [6.07, 6.45) is 0. The topological polar surface area (TPSA) is 49.3 Å². The Hall–Kier alpha value is -1.79. The first kappa shape index (κ1) is 15.3. The lowest BCUT2D eigenvalue weighted by Crippen LogP contribution is -2.14. The van der Waals surface area contributed by atoms with Crippen LogP contribution in [-0.2, 0) is 4.79 Å². The third-order valence-corrected chi connectivity index (χ3v) is 2.50. The summed E-state index contributed by atoms with van der Waals surface area (Å²) >= 11 is 0. The predicted molar refractivity (Wildman–Crippen MR) is 78.0 cm³/mol. The largest absolute Gasteiger partial charge is 0.378 e. The van der Waals surface area contributed by atoms with Crippen LogP contribution in [0.4, 0.5) is 5.69 Å². The molecule has 19 heavy (non-hydrogen) atoms. The fourth-order valence-electron chi connectivity index (χ4n) is 1.65.